The Morgan fingerprint density at radius 3 is 2.73 bits per heavy atom. The summed E-state index contributed by atoms with van der Waals surface area (Å²) in [6.45, 7) is 7.67. The third kappa shape index (κ3) is 2.74. The molecule has 1 saturated heterocycles. The summed E-state index contributed by atoms with van der Waals surface area (Å²) in [4.78, 5) is 25.2. The zero-order chi connectivity index (χ0) is 18.3. The van der Waals surface area contributed by atoms with Gasteiger partial charge < -0.3 is 9.88 Å². The van der Waals surface area contributed by atoms with Crippen LogP contribution >= 0.6 is 0 Å². The van der Waals surface area contributed by atoms with E-state index in [9.17, 15) is 4.79 Å². The van der Waals surface area contributed by atoms with Crippen molar-refractivity contribution in [3.8, 4) is 0 Å². The molecule has 0 aromatic carbocycles. The minimum atomic E-state index is -0.235. The molecule has 1 amide bonds. The molecule has 0 saturated carbocycles. The molecule has 1 N–H and O–H groups in total. The molecule has 4 heterocycles. The maximum absolute atomic E-state index is 12.7. The number of likely N-dealkylation sites (tertiary alicyclic amines) is 1. The molecule has 26 heavy (non-hydrogen) atoms. The fourth-order valence-electron chi connectivity index (χ4n) is 4.66. The lowest BCUT2D eigenvalue weighted by atomic mass is 9.78. The number of imidazole rings is 1. The van der Waals surface area contributed by atoms with Gasteiger partial charge in [0.15, 0.2) is 0 Å². The highest BCUT2D eigenvalue weighted by atomic mass is 16.2. The van der Waals surface area contributed by atoms with Crippen LogP contribution in [0.5, 0.6) is 0 Å². The number of H-pyrrole nitrogens is 1. The van der Waals surface area contributed by atoms with Gasteiger partial charge in [0, 0.05) is 63.5 Å². The first-order valence-corrected chi connectivity index (χ1v) is 9.58. The number of aromatic amines is 1. The number of nitrogens with one attached hydrogen (secondary N) is 1. The van der Waals surface area contributed by atoms with Crippen LogP contribution in [0.3, 0.4) is 0 Å². The van der Waals surface area contributed by atoms with Crippen LogP contribution in [0.1, 0.15) is 48.8 Å². The number of carbonyl (C=O) groups excluding carboxylic acids is 1. The lowest BCUT2D eigenvalue weighted by Gasteiger charge is -2.50. The van der Waals surface area contributed by atoms with Crippen LogP contribution in [0.2, 0.25) is 0 Å². The van der Waals surface area contributed by atoms with Crippen molar-refractivity contribution in [3.05, 3.63) is 35.2 Å². The Morgan fingerprint density at radius 2 is 2.08 bits per heavy atom. The molecular formula is C19H28N6O. The SMILES string of the molecule is CCC(=O)N1CCc2[nH]cnc2C12CCN(Cc1cn(C)nc1C)CC2. The van der Waals surface area contributed by atoms with Crippen molar-refractivity contribution in [2.24, 2.45) is 7.05 Å². The highest BCUT2D eigenvalue weighted by Crippen LogP contribution is 2.42. The Morgan fingerprint density at radius 1 is 1.31 bits per heavy atom. The number of aryl methyl sites for hydroxylation is 2. The normalized spacial score (nSPS) is 19.7. The summed E-state index contributed by atoms with van der Waals surface area (Å²) in [5.41, 5.74) is 4.46. The summed E-state index contributed by atoms with van der Waals surface area (Å²) in [6, 6.07) is 0. The summed E-state index contributed by atoms with van der Waals surface area (Å²) in [7, 11) is 1.97. The molecule has 1 spiro atoms. The summed E-state index contributed by atoms with van der Waals surface area (Å²) in [5.74, 6) is 0.246. The molecule has 4 rings (SSSR count). The third-order valence-electron chi connectivity index (χ3n) is 6.06. The van der Waals surface area contributed by atoms with Gasteiger partial charge in [-0.05, 0) is 19.8 Å². The first kappa shape index (κ1) is 17.3. The maximum atomic E-state index is 12.7. The van der Waals surface area contributed by atoms with Gasteiger partial charge in [0.05, 0.1) is 23.3 Å². The minimum Gasteiger partial charge on any atom is -0.348 e. The van der Waals surface area contributed by atoms with E-state index in [4.69, 9.17) is 0 Å². The van der Waals surface area contributed by atoms with Gasteiger partial charge in [0.2, 0.25) is 5.91 Å². The van der Waals surface area contributed by atoms with Gasteiger partial charge in [-0.25, -0.2) is 4.98 Å². The van der Waals surface area contributed by atoms with Crippen LogP contribution < -0.4 is 0 Å². The molecule has 0 aliphatic carbocycles. The number of hydrogen-bond acceptors (Lipinski definition) is 4. The van der Waals surface area contributed by atoms with Crippen molar-refractivity contribution in [2.45, 2.75) is 51.6 Å². The molecule has 7 heteroatoms. The van der Waals surface area contributed by atoms with Crippen molar-refractivity contribution in [3.63, 3.8) is 0 Å². The van der Waals surface area contributed by atoms with E-state index in [0.29, 0.717) is 6.42 Å². The van der Waals surface area contributed by atoms with E-state index in [1.54, 1.807) is 6.33 Å². The Balaban J connectivity index is 1.55. The number of nitrogens with zero attached hydrogens (tertiary/aromatic N) is 5. The molecule has 2 aliphatic rings. The number of aromatic nitrogens is 4. The van der Waals surface area contributed by atoms with Crippen LogP contribution in [0.25, 0.3) is 0 Å². The first-order valence-electron chi connectivity index (χ1n) is 9.58. The Kier molecular flexibility index (Phi) is 4.34. The largest absolute Gasteiger partial charge is 0.348 e. The van der Waals surface area contributed by atoms with Crippen LogP contribution in [0.4, 0.5) is 0 Å². The molecule has 2 aromatic heterocycles. The number of hydrogen-bond donors (Lipinski definition) is 1. The van der Waals surface area contributed by atoms with E-state index in [2.05, 4.69) is 38.0 Å². The summed E-state index contributed by atoms with van der Waals surface area (Å²) in [5, 5.41) is 4.45. The quantitative estimate of drug-likeness (QED) is 0.909. The van der Waals surface area contributed by atoms with Crippen molar-refractivity contribution in [2.75, 3.05) is 19.6 Å². The lowest BCUT2D eigenvalue weighted by Crippen LogP contribution is -2.58. The smallest absolute Gasteiger partial charge is 0.223 e. The van der Waals surface area contributed by atoms with Crippen LogP contribution in [-0.2, 0) is 30.3 Å². The van der Waals surface area contributed by atoms with Gasteiger partial charge in [-0.3, -0.25) is 14.4 Å². The molecule has 0 radical (unpaired) electrons. The van der Waals surface area contributed by atoms with Crippen molar-refractivity contribution in [1.29, 1.82) is 0 Å². The van der Waals surface area contributed by atoms with Crippen molar-refractivity contribution in [1.82, 2.24) is 29.5 Å². The number of carbonyl (C=O) groups is 1. The number of rotatable bonds is 3. The Bertz CT molecular complexity index is 799. The average Bonchev–Trinajstić information content (AvgIpc) is 3.23. The standard InChI is InChI=1S/C19H28N6O/c1-4-17(26)25-8-5-16-18(21-13-20-16)19(25)6-9-24(10-7-19)12-15-11-23(3)22-14(15)2/h11,13H,4-10,12H2,1-3H3,(H,20,21). The summed E-state index contributed by atoms with van der Waals surface area (Å²) in [6.07, 6.45) is 7.21. The van der Waals surface area contributed by atoms with Crippen LogP contribution in [0, 0.1) is 6.92 Å². The molecule has 0 bridgehead atoms. The van der Waals surface area contributed by atoms with Gasteiger partial charge in [-0.15, -0.1) is 0 Å². The third-order valence-corrected chi connectivity index (χ3v) is 6.06. The monoisotopic (exact) mass is 356 g/mol. The Hall–Kier alpha value is -2.15. The summed E-state index contributed by atoms with van der Waals surface area (Å²) < 4.78 is 1.88. The molecule has 2 aromatic rings. The maximum Gasteiger partial charge on any atom is 0.223 e. The van der Waals surface area contributed by atoms with E-state index in [-0.39, 0.29) is 11.4 Å². The topological polar surface area (TPSA) is 70.1 Å². The molecule has 7 nitrogen and oxygen atoms in total. The van der Waals surface area contributed by atoms with E-state index in [1.165, 1.54) is 11.3 Å². The molecular weight excluding hydrogens is 328 g/mol. The second-order valence-corrected chi connectivity index (χ2v) is 7.60. The van der Waals surface area contributed by atoms with Gasteiger partial charge in [0.25, 0.3) is 0 Å². The van der Waals surface area contributed by atoms with Gasteiger partial charge in [-0.2, -0.15) is 5.10 Å². The van der Waals surface area contributed by atoms with Gasteiger partial charge in [0.1, 0.15) is 0 Å². The summed E-state index contributed by atoms with van der Waals surface area (Å²) >= 11 is 0. The van der Waals surface area contributed by atoms with Gasteiger partial charge in [-0.1, -0.05) is 6.92 Å². The fourth-order valence-corrected chi connectivity index (χ4v) is 4.66. The van der Waals surface area contributed by atoms with E-state index in [1.807, 2.05) is 18.7 Å². The first-order chi connectivity index (χ1) is 12.5. The zero-order valence-corrected chi connectivity index (χ0v) is 16.0. The molecule has 1 fully saturated rings. The second-order valence-electron chi connectivity index (χ2n) is 7.60. The lowest BCUT2D eigenvalue weighted by molar-refractivity contribution is -0.141. The molecule has 0 atom stereocenters. The number of fused-ring (bicyclic) bond motifs is 2. The molecule has 2 aliphatic heterocycles. The van der Waals surface area contributed by atoms with Crippen LogP contribution in [-0.4, -0.2) is 55.1 Å². The number of amides is 1. The molecule has 140 valence electrons. The van der Waals surface area contributed by atoms with Crippen molar-refractivity contribution < 1.29 is 4.79 Å². The highest BCUT2D eigenvalue weighted by Gasteiger charge is 2.48. The second kappa shape index (κ2) is 6.54. The zero-order valence-electron chi connectivity index (χ0n) is 16.0. The van der Waals surface area contributed by atoms with E-state index in [0.717, 1.165) is 56.8 Å². The van der Waals surface area contributed by atoms with E-state index >= 15 is 0 Å². The predicted molar refractivity (Wildman–Crippen MR) is 98.4 cm³/mol. The van der Waals surface area contributed by atoms with Gasteiger partial charge >= 0.3 is 0 Å². The highest BCUT2D eigenvalue weighted by molar-refractivity contribution is 5.77. The van der Waals surface area contributed by atoms with Crippen molar-refractivity contribution >= 4 is 5.91 Å². The van der Waals surface area contributed by atoms with E-state index < -0.39 is 0 Å². The predicted octanol–water partition coefficient (Wildman–Crippen LogP) is 1.74. The number of piperidine rings is 1. The minimum absolute atomic E-state index is 0.235. The fraction of sp³-hybridized carbons (Fsp3) is 0.632. The average molecular weight is 356 g/mol. The Labute approximate surface area is 154 Å². The van der Waals surface area contributed by atoms with Crippen LogP contribution in [0.15, 0.2) is 12.5 Å². The molecule has 0 unspecified atom stereocenters.